The lowest BCUT2D eigenvalue weighted by molar-refractivity contribution is -0.144. The Kier molecular flexibility index (Phi) is 6.27. The molecule has 2 aromatic rings. The number of H-pyrrole nitrogens is 1. The highest BCUT2D eigenvalue weighted by atomic mass is 32.2. The predicted molar refractivity (Wildman–Crippen MR) is 84.9 cm³/mol. The third-order valence-electron chi connectivity index (χ3n) is 3.63. The van der Waals surface area contributed by atoms with Crippen LogP contribution in [0.3, 0.4) is 0 Å². The fraction of sp³-hybridized carbons (Fsp3) is 0.333. The summed E-state index contributed by atoms with van der Waals surface area (Å²) in [5.41, 5.74) is -3.35. The molecular weight excluding hydrogens is 432 g/mol. The van der Waals surface area contributed by atoms with Crippen molar-refractivity contribution in [2.24, 2.45) is 0 Å². The molecule has 1 unspecified atom stereocenters. The average Bonchev–Trinajstić information content (AvgIpc) is 3.11. The van der Waals surface area contributed by atoms with Crippen LogP contribution in [0.4, 0.5) is 26.3 Å². The van der Waals surface area contributed by atoms with Gasteiger partial charge in [0.2, 0.25) is 10.0 Å². The maximum atomic E-state index is 13.0. The van der Waals surface area contributed by atoms with E-state index in [0.717, 1.165) is 7.11 Å². The molecule has 0 amide bonds. The van der Waals surface area contributed by atoms with Crippen molar-refractivity contribution in [1.82, 2.24) is 14.7 Å². The van der Waals surface area contributed by atoms with Crippen LogP contribution in [-0.2, 0) is 38.3 Å². The van der Waals surface area contributed by atoms with E-state index in [1.165, 1.54) is 12.5 Å². The molecule has 7 nitrogen and oxygen atoms in total. The van der Waals surface area contributed by atoms with Gasteiger partial charge in [-0.2, -0.15) is 31.1 Å². The normalized spacial score (nSPS) is 13.9. The van der Waals surface area contributed by atoms with Gasteiger partial charge in [0.25, 0.3) is 0 Å². The SMILES string of the molecule is COC(=O)C(Cc1cnc[nH]1)NS(=O)(=O)c1cc(C(F)(F)F)cc(C(F)(F)F)c1. The number of ether oxygens (including phenoxy) is 1. The molecule has 160 valence electrons. The first kappa shape index (κ1) is 22.7. The van der Waals surface area contributed by atoms with Gasteiger partial charge in [-0.05, 0) is 18.2 Å². The summed E-state index contributed by atoms with van der Waals surface area (Å²) < 4.78 is 109. The van der Waals surface area contributed by atoms with Crippen molar-refractivity contribution in [3.05, 3.63) is 47.5 Å². The molecule has 1 aromatic carbocycles. The van der Waals surface area contributed by atoms with Crippen molar-refractivity contribution in [2.75, 3.05) is 7.11 Å². The zero-order valence-electron chi connectivity index (χ0n) is 14.4. The van der Waals surface area contributed by atoms with E-state index in [4.69, 9.17) is 0 Å². The van der Waals surface area contributed by atoms with Crippen LogP contribution in [0.5, 0.6) is 0 Å². The first-order valence-corrected chi connectivity index (χ1v) is 9.09. The Bertz CT molecular complexity index is 939. The molecule has 1 heterocycles. The van der Waals surface area contributed by atoms with Crippen molar-refractivity contribution in [3.8, 4) is 0 Å². The number of imidazole rings is 1. The summed E-state index contributed by atoms with van der Waals surface area (Å²) in [6.45, 7) is 0. The van der Waals surface area contributed by atoms with E-state index in [-0.39, 0.29) is 30.3 Å². The fourth-order valence-corrected chi connectivity index (χ4v) is 3.52. The van der Waals surface area contributed by atoms with Gasteiger partial charge in [0.1, 0.15) is 6.04 Å². The lowest BCUT2D eigenvalue weighted by Crippen LogP contribution is -2.43. The standard InChI is InChI=1S/C15H13F6N3O4S/c1-28-13(25)12(5-10-6-22-7-23-10)24-29(26,27)11-3-8(14(16,17)18)2-9(4-11)15(19,20)21/h2-4,6-7,12,24H,5H2,1H3,(H,22,23). The lowest BCUT2D eigenvalue weighted by atomic mass is 10.1. The Morgan fingerprint density at radius 3 is 2.10 bits per heavy atom. The average molecular weight is 445 g/mol. The molecule has 0 fully saturated rings. The second-order valence-corrected chi connectivity index (χ2v) is 7.43. The highest BCUT2D eigenvalue weighted by Gasteiger charge is 2.39. The Balaban J connectivity index is 2.48. The van der Waals surface area contributed by atoms with E-state index in [0.29, 0.717) is 0 Å². The van der Waals surface area contributed by atoms with Crippen LogP contribution in [0, 0.1) is 0 Å². The van der Waals surface area contributed by atoms with Crippen LogP contribution in [0.2, 0.25) is 0 Å². The maximum Gasteiger partial charge on any atom is 0.416 e. The van der Waals surface area contributed by atoms with Crippen LogP contribution in [-0.4, -0.2) is 37.5 Å². The number of nitrogens with one attached hydrogen (secondary N) is 2. The van der Waals surface area contributed by atoms with Crippen molar-refractivity contribution in [2.45, 2.75) is 29.7 Å². The monoisotopic (exact) mass is 445 g/mol. The highest BCUT2D eigenvalue weighted by Crippen LogP contribution is 2.37. The molecule has 0 bridgehead atoms. The summed E-state index contributed by atoms with van der Waals surface area (Å²) >= 11 is 0. The van der Waals surface area contributed by atoms with Crippen molar-refractivity contribution in [3.63, 3.8) is 0 Å². The molecule has 0 aliphatic carbocycles. The van der Waals surface area contributed by atoms with Gasteiger partial charge in [0, 0.05) is 18.3 Å². The third-order valence-corrected chi connectivity index (χ3v) is 5.08. The molecule has 2 rings (SSSR count). The van der Waals surface area contributed by atoms with Crippen molar-refractivity contribution < 1.29 is 44.3 Å². The molecule has 14 heteroatoms. The molecule has 0 saturated carbocycles. The Labute approximate surface area is 160 Å². The minimum atomic E-state index is -5.23. The zero-order valence-corrected chi connectivity index (χ0v) is 15.2. The number of hydrogen-bond acceptors (Lipinski definition) is 5. The van der Waals surface area contributed by atoms with E-state index >= 15 is 0 Å². The predicted octanol–water partition coefficient (Wildman–Crippen LogP) is 2.51. The van der Waals surface area contributed by atoms with E-state index in [1.807, 2.05) is 0 Å². The minimum Gasteiger partial charge on any atom is -0.468 e. The summed E-state index contributed by atoms with van der Waals surface area (Å²) in [7, 11) is -4.04. The molecule has 1 aromatic heterocycles. The molecular formula is C15H13F6N3O4S. The number of esters is 1. The number of alkyl halides is 6. The largest absolute Gasteiger partial charge is 0.468 e. The second-order valence-electron chi connectivity index (χ2n) is 5.72. The number of aromatic nitrogens is 2. The Hall–Kier alpha value is -2.61. The van der Waals surface area contributed by atoms with Crippen molar-refractivity contribution in [1.29, 1.82) is 0 Å². The van der Waals surface area contributed by atoms with Gasteiger partial charge in [-0.3, -0.25) is 4.79 Å². The Morgan fingerprint density at radius 2 is 1.69 bits per heavy atom. The number of nitrogens with zero attached hydrogens (tertiary/aromatic N) is 1. The number of halogens is 6. The van der Waals surface area contributed by atoms with Gasteiger partial charge in [-0.15, -0.1) is 0 Å². The number of carbonyl (C=O) groups excluding carboxylic acids is 1. The van der Waals surface area contributed by atoms with Gasteiger partial charge in [-0.25, -0.2) is 13.4 Å². The summed E-state index contributed by atoms with van der Waals surface area (Å²) in [4.78, 5) is 16.8. The fourth-order valence-electron chi connectivity index (χ4n) is 2.27. The van der Waals surface area contributed by atoms with Crippen molar-refractivity contribution >= 4 is 16.0 Å². The lowest BCUT2D eigenvalue weighted by Gasteiger charge is -2.18. The minimum absolute atomic E-state index is 0.0438. The molecule has 2 N–H and O–H groups in total. The van der Waals surface area contributed by atoms with Gasteiger partial charge in [-0.1, -0.05) is 0 Å². The van der Waals surface area contributed by atoms with Gasteiger partial charge >= 0.3 is 18.3 Å². The molecule has 0 saturated heterocycles. The van der Waals surface area contributed by atoms with E-state index in [2.05, 4.69) is 14.7 Å². The molecule has 0 spiro atoms. The van der Waals surface area contributed by atoms with Crippen LogP contribution in [0.15, 0.2) is 35.6 Å². The number of benzene rings is 1. The number of hydrogen-bond donors (Lipinski definition) is 2. The van der Waals surface area contributed by atoms with E-state index in [1.54, 1.807) is 4.72 Å². The molecule has 0 aliphatic heterocycles. The molecule has 0 radical (unpaired) electrons. The number of methoxy groups -OCH3 is 1. The summed E-state index contributed by atoms with van der Waals surface area (Å²) in [5.74, 6) is -1.11. The summed E-state index contributed by atoms with van der Waals surface area (Å²) in [5, 5.41) is 0. The third kappa shape index (κ3) is 5.69. The Morgan fingerprint density at radius 1 is 1.14 bits per heavy atom. The number of rotatable bonds is 6. The quantitative estimate of drug-likeness (QED) is 0.526. The maximum absolute atomic E-state index is 13.0. The van der Waals surface area contributed by atoms with E-state index in [9.17, 15) is 39.6 Å². The number of carbonyl (C=O) groups is 1. The van der Waals surface area contributed by atoms with Crippen LogP contribution in [0.25, 0.3) is 0 Å². The zero-order chi connectivity index (χ0) is 22.0. The highest BCUT2D eigenvalue weighted by molar-refractivity contribution is 7.89. The van der Waals surface area contributed by atoms with Crippen LogP contribution < -0.4 is 4.72 Å². The number of sulfonamides is 1. The van der Waals surface area contributed by atoms with Crippen LogP contribution in [0.1, 0.15) is 16.8 Å². The second kappa shape index (κ2) is 8.02. The summed E-state index contributed by atoms with van der Waals surface area (Å²) in [6, 6.07) is -1.75. The van der Waals surface area contributed by atoms with Gasteiger partial charge in [0.15, 0.2) is 0 Å². The van der Waals surface area contributed by atoms with Crippen LogP contribution >= 0.6 is 0 Å². The van der Waals surface area contributed by atoms with E-state index < -0.39 is 50.4 Å². The smallest absolute Gasteiger partial charge is 0.416 e. The molecule has 0 aliphatic rings. The van der Waals surface area contributed by atoms with Gasteiger partial charge in [0.05, 0.1) is 29.5 Å². The molecule has 1 atom stereocenters. The molecule has 29 heavy (non-hydrogen) atoms. The first-order valence-electron chi connectivity index (χ1n) is 7.61. The first-order chi connectivity index (χ1) is 13.2. The summed E-state index contributed by atoms with van der Waals surface area (Å²) in [6.07, 6.45) is -8.33. The van der Waals surface area contributed by atoms with Gasteiger partial charge < -0.3 is 9.72 Å². The topological polar surface area (TPSA) is 101 Å². The number of aromatic amines is 1.